The molecule has 226 valence electrons. The molecule has 0 heterocycles. The van der Waals surface area contributed by atoms with Crippen LogP contribution in [-0.4, -0.2) is 87.6 Å². The van der Waals surface area contributed by atoms with Gasteiger partial charge in [0.15, 0.2) is 5.96 Å². The molecule has 0 aliphatic rings. The highest BCUT2D eigenvalue weighted by atomic mass is 16.4. The SMILES string of the molecule is NC(=O)CCC(NC(=O)C(N)Cc1ccc(O)cc1)C(=O)NC(CC(=O)O)C(=O)NC(CCCN=C(N)N)C(=O)O. The summed E-state index contributed by atoms with van der Waals surface area (Å²) < 4.78 is 0. The first-order valence-corrected chi connectivity index (χ1v) is 12.4. The summed E-state index contributed by atoms with van der Waals surface area (Å²) in [5, 5.41) is 34.8. The van der Waals surface area contributed by atoms with E-state index >= 15 is 0 Å². The maximum atomic E-state index is 13.0. The van der Waals surface area contributed by atoms with E-state index in [1.165, 1.54) is 12.1 Å². The lowest BCUT2D eigenvalue weighted by Crippen LogP contribution is -2.57. The van der Waals surface area contributed by atoms with Gasteiger partial charge >= 0.3 is 11.9 Å². The number of hydrogen-bond acceptors (Lipinski definition) is 9. The molecule has 0 fully saturated rings. The number of phenols is 1. The lowest BCUT2D eigenvalue weighted by atomic mass is 10.0. The first-order valence-electron chi connectivity index (χ1n) is 12.4. The van der Waals surface area contributed by atoms with Crippen molar-refractivity contribution in [2.24, 2.45) is 27.9 Å². The van der Waals surface area contributed by atoms with Gasteiger partial charge in [0.05, 0.1) is 12.5 Å². The molecule has 17 nitrogen and oxygen atoms in total. The molecule has 4 amide bonds. The van der Waals surface area contributed by atoms with Crippen molar-refractivity contribution >= 4 is 41.5 Å². The summed E-state index contributed by atoms with van der Waals surface area (Å²) >= 11 is 0. The summed E-state index contributed by atoms with van der Waals surface area (Å²) in [5.74, 6) is -6.84. The van der Waals surface area contributed by atoms with E-state index in [-0.39, 0.29) is 50.4 Å². The molecule has 0 aliphatic carbocycles. The van der Waals surface area contributed by atoms with Crippen LogP contribution >= 0.6 is 0 Å². The van der Waals surface area contributed by atoms with Gasteiger partial charge in [-0.2, -0.15) is 0 Å². The Balaban J connectivity index is 2.99. The second-order valence-corrected chi connectivity index (χ2v) is 9.05. The van der Waals surface area contributed by atoms with Crippen LogP contribution in [0.4, 0.5) is 0 Å². The van der Waals surface area contributed by atoms with Crippen molar-refractivity contribution in [1.82, 2.24) is 16.0 Å². The van der Waals surface area contributed by atoms with E-state index in [1.807, 2.05) is 0 Å². The summed E-state index contributed by atoms with van der Waals surface area (Å²) in [4.78, 5) is 76.6. The van der Waals surface area contributed by atoms with Crippen LogP contribution < -0.4 is 38.9 Å². The summed E-state index contributed by atoms with van der Waals surface area (Å²) in [6, 6.07) is 0.0916. The van der Waals surface area contributed by atoms with Gasteiger partial charge in [0.2, 0.25) is 23.6 Å². The number of aliphatic carboxylic acids is 2. The highest BCUT2D eigenvalue weighted by Gasteiger charge is 2.31. The zero-order chi connectivity index (χ0) is 31.1. The molecule has 0 aliphatic heterocycles. The average Bonchev–Trinajstić information content (AvgIpc) is 2.88. The van der Waals surface area contributed by atoms with Gasteiger partial charge in [-0.3, -0.25) is 29.0 Å². The van der Waals surface area contributed by atoms with Gasteiger partial charge in [-0.05, 0) is 43.4 Å². The van der Waals surface area contributed by atoms with Crippen LogP contribution in [0.1, 0.15) is 37.7 Å². The Morgan fingerprint density at radius 2 is 1.37 bits per heavy atom. The molecule has 1 rings (SSSR count). The first-order chi connectivity index (χ1) is 19.2. The van der Waals surface area contributed by atoms with E-state index in [9.17, 15) is 44.1 Å². The predicted molar refractivity (Wildman–Crippen MR) is 144 cm³/mol. The van der Waals surface area contributed by atoms with Gasteiger partial charge in [0.25, 0.3) is 0 Å². The van der Waals surface area contributed by atoms with Gasteiger partial charge < -0.3 is 54.2 Å². The molecule has 0 bridgehead atoms. The minimum atomic E-state index is -1.74. The fourth-order valence-corrected chi connectivity index (χ4v) is 3.50. The number of carbonyl (C=O) groups is 6. The number of hydrogen-bond donors (Lipinski definition) is 10. The minimum absolute atomic E-state index is 0.00975. The largest absolute Gasteiger partial charge is 0.508 e. The maximum absolute atomic E-state index is 13.0. The molecule has 17 heteroatoms. The van der Waals surface area contributed by atoms with Crippen molar-refractivity contribution in [3.63, 3.8) is 0 Å². The molecule has 0 radical (unpaired) electrons. The number of carboxylic acid groups (broad SMARTS) is 2. The Kier molecular flexibility index (Phi) is 14.1. The second kappa shape index (κ2) is 16.9. The molecular weight excluding hydrogens is 544 g/mol. The highest BCUT2D eigenvalue weighted by Crippen LogP contribution is 2.11. The molecular formula is C24H36N8O9. The van der Waals surface area contributed by atoms with Crippen molar-refractivity contribution in [3.05, 3.63) is 29.8 Å². The zero-order valence-corrected chi connectivity index (χ0v) is 22.1. The second-order valence-electron chi connectivity index (χ2n) is 9.05. The number of aliphatic imine (C=N–C) groups is 1. The van der Waals surface area contributed by atoms with Crippen LogP contribution in [0.25, 0.3) is 0 Å². The third kappa shape index (κ3) is 13.6. The Bertz CT molecular complexity index is 1120. The third-order valence-corrected chi connectivity index (χ3v) is 5.61. The monoisotopic (exact) mass is 580 g/mol. The number of nitrogens with one attached hydrogen (secondary N) is 3. The Morgan fingerprint density at radius 1 is 0.805 bits per heavy atom. The lowest BCUT2D eigenvalue weighted by molar-refractivity contribution is -0.143. The van der Waals surface area contributed by atoms with E-state index in [2.05, 4.69) is 20.9 Å². The van der Waals surface area contributed by atoms with E-state index < -0.39 is 66.2 Å². The molecule has 4 atom stereocenters. The van der Waals surface area contributed by atoms with Crippen molar-refractivity contribution in [2.75, 3.05) is 6.54 Å². The molecule has 0 spiro atoms. The highest BCUT2D eigenvalue weighted by molar-refractivity contribution is 5.95. The minimum Gasteiger partial charge on any atom is -0.508 e. The van der Waals surface area contributed by atoms with E-state index in [0.29, 0.717) is 5.56 Å². The van der Waals surface area contributed by atoms with Gasteiger partial charge in [-0.25, -0.2) is 4.79 Å². The molecule has 41 heavy (non-hydrogen) atoms. The van der Waals surface area contributed by atoms with Crippen molar-refractivity contribution in [1.29, 1.82) is 0 Å². The van der Waals surface area contributed by atoms with E-state index in [0.717, 1.165) is 0 Å². The zero-order valence-electron chi connectivity index (χ0n) is 22.1. The fraction of sp³-hybridized carbons (Fsp3) is 0.458. The quantitative estimate of drug-likeness (QED) is 0.0461. The molecule has 14 N–H and O–H groups in total. The molecule has 1 aromatic carbocycles. The maximum Gasteiger partial charge on any atom is 0.326 e. The molecule has 4 unspecified atom stereocenters. The lowest BCUT2D eigenvalue weighted by Gasteiger charge is -2.24. The Morgan fingerprint density at radius 3 is 1.90 bits per heavy atom. The molecule has 0 saturated carbocycles. The number of primary amides is 1. The standard InChI is InChI=1S/C24H36N8O9/c25-14(10-12-3-5-13(33)6-4-12)20(37)30-15(7-8-18(26)34)21(38)32-17(11-19(35)36)22(39)31-16(23(40)41)2-1-9-29-24(27)28/h3-6,14-17,33H,1-2,7-11,25H2,(H2,26,34)(H,30,37)(H,31,39)(H,32,38)(H,35,36)(H,40,41)(H4,27,28,29). The van der Waals surface area contributed by atoms with Crippen molar-refractivity contribution in [2.45, 2.75) is 62.7 Å². The summed E-state index contributed by atoms with van der Waals surface area (Å²) in [6.07, 6.45) is -1.49. The van der Waals surface area contributed by atoms with Crippen LogP contribution in [-0.2, 0) is 35.2 Å². The van der Waals surface area contributed by atoms with Gasteiger partial charge in [0.1, 0.15) is 23.9 Å². The van der Waals surface area contributed by atoms with E-state index in [4.69, 9.17) is 22.9 Å². The van der Waals surface area contributed by atoms with Crippen LogP contribution in [0, 0.1) is 0 Å². The topological polar surface area (TPSA) is 316 Å². The van der Waals surface area contributed by atoms with Gasteiger partial charge in [-0.1, -0.05) is 12.1 Å². The number of guanidine groups is 1. The van der Waals surface area contributed by atoms with Gasteiger partial charge in [-0.15, -0.1) is 0 Å². The van der Waals surface area contributed by atoms with Gasteiger partial charge in [0, 0.05) is 13.0 Å². The van der Waals surface area contributed by atoms with Crippen molar-refractivity contribution < 1.29 is 44.1 Å². The van der Waals surface area contributed by atoms with Crippen molar-refractivity contribution in [3.8, 4) is 5.75 Å². The Labute approximate surface area is 234 Å². The first kappa shape index (κ1) is 34.1. The number of nitrogens with two attached hydrogens (primary N) is 4. The number of aromatic hydroxyl groups is 1. The normalized spacial score (nSPS) is 13.5. The summed E-state index contributed by atoms with van der Waals surface area (Å²) in [7, 11) is 0. The fourth-order valence-electron chi connectivity index (χ4n) is 3.50. The number of nitrogens with zero attached hydrogens (tertiary/aromatic N) is 1. The number of carboxylic acids is 2. The van der Waals surface area contributed by atoms with Crippen LogP contribution in [0.3, 0.4) is 0 Å². The third-order valence-electron chi connectivity index (χ3n) is 5.61. The van der Waals surface area contributed by atoms with Crippen LogP contribution in [0.2, 0.25) is 0 Å². The molecule has 0 aromatic heterocycles. The number of benzene rings is 1. The van der Waals surface area contributed by atoms with Crippen LogP contribution in [0.15, 0.2) is 29.3 Å². The smallest absolute Gasteiger partial charge is 0.326 e. The number of rotatable bonds is 18. The predicted octanol–water partition coefficient (Wildman–Crippen LogP) is -3.41. The number of carbonyl (C=O) groups excluding carboxylic acids is 4. The number of phenolic OH excluding ortho intramolecular Hbond substituents is 1. The summed E-state index contributed by atoms with van der Waals surface area (Å²) in [6.45, 7) is 0.0768. The Hall–Kier alpha value is -4.93. The van der Waals surface area contributed by atoms with Crippen LogP contribution in [0.5, 0.6) is 5.75 Å². The summed E-state index contributed by atoms with van der Waals surface area (Å²) in [5.41, 5.74) is 22.1. The molecule has 0 saturated heterocycles. The average molecular weight is 581 g/mol. The molecule has 1 aromatic rings. The van der Waals surface area contributed by atoms with E-state index in [1.54, 1.807) is 12.1 Å². The number of amides is 4.